The average molecular weight is 594 g/mol. The van der Waals surface area contributed by atoms with Crippen LogP contribution in [-0.4, -0.2) is 36.7 Å². The molecule has 38 heavy (non-hydrogen) atoms. The fraction of sp³-hybridized carbons (Fsp3) is 0.269. The van der Waals surface area contributed by atoms with Gasteiger partial charge in [0.25, 0.3) is 0 Å². The van der Waals surface area contributed by atoms with Crippen molar-refractivity contribution in [1.29, 1.82) is 0 Å². The SMILES string of the molecule is COC(=O)C1=CC2[C@H]3C(=O)N(c4cc(Cl)cc(Cl)c4)C(=O)[C@H]3C1[C@H]1C(=O)N(c3cc(Cl)cc(Cl)c3)C(=O)[C@@H]21. The van der Waals surface area contributed by atoms with E-state index in [2.05, 4.69) is 0 Å². The predicted molar refractivity (Wildman–Crippen MR) is 139 cm³/mol. The first-order valence-electron chi connectivity index (χ1n) is 11.5. The Morgan fingerprint density at radius 2 is 1.00 bits per heavy atom. The van der Waals surface area contributed by atoms with Gasteiger partial charge in [-0.2, -0.15) is 0 Å². The van der Waals surface area contributed by atoms with Crippen LogP contribution in [0.2, 0.25) is 20.1 Å². The summed E-state index contributed by atoms with van der Waals surface area (Å²) in [5.41, 5.74) is 0.437. The predicted octanol–water partition coefficient (Wildman–Crippen LogP) is 4.57. The largest absolute Gasteiger partial charge is 0.466 e. The number of rotatable bonds is 3. The molecule has 2 unspecified atom stereocenters. The Morgan fingerprint density at radius 1 is 0.632 bits per heavy atom. The second-order valence-corrected chi connectivity index (χ2v) is 11.3. The number of nitrogens with zero attached hydrogens (tertiary/aromatic N) is 2. The zero-order valence-electron chi connectivity index (χ0n) is 19.4. The molecule has 3 fully saturated rings. The third-order valence-corrected chi connectivity index (χ3v) is 8.64. The number of allylic oxidation sites excluding steroid dienone is 1. The van der Waals surface area contributed by atoms with Gasteiger partial charge >= 0.3 is 5.97 Å². The van der Waals surface area contributed by atoms with E-state index in [0.717, 1.165) is 9.80 Å². The summed E-state index contributed by atoms with van der Waals surface area (Å²) in [5.74, 6) is -9.10. The molecule has 194 valence electrons. The highest BCUT2D eigenvalue weighted by atomic mass is 35.5. The van der Waals surface area contributed by atoms with Gasteiger partial charge in [0.05, 0.1) is 42.2 Å². The Kier molecular flexibility index (Phi) is 5.88. The van der Waals surface area contributed by atoms with Crippen LogP contribution in [0.5, 0.6) is 0 Å². The van der Waals surface area contributed by atoms with Gasteiger partial charge in [-0.05, 0) is 36.4 Å². The van der Waals surface area contributed by atoms with Crippen molar-refractivity contribution in [2.24, 2.45) is 35.5 Å². The molecule has 6 atom stereocenters. The summed E-state index contributed by atoms with van der Waals surface area (Å²) >= 11 is 24.5. The Bertz CT molecular complexity index is 1390. The Balaban J connectivity index is 1.48. The molecule has 8 nitrogen and oxygen atoms in total. The van der Waals surface area contributed by atoms with E-state index in [-0.39, 0.29) is 37.0 Å². The highest BCUT2D eigenvalue weighted by molar-refractivity contribution is 6.37. The van der Waals surface area contributed by atoms with Crippen molar-refractivity contribution < 1.29 is 28.7 Å². The minimum Gasteiger partial charge on any atom is -0.466 e. The quantitative estimate of drug-likeness (QED) is 0.382. The summed E-state index contributed by atoms with van der Waals surface area (Å²) in [7, 11) is 1.18. The van der Waals surface area contributed by atoms with Crippen molar-refractivity contribution in [1.82, 2.24) is 0 Å². The van der Waals surface area contributed by atoms with Gasteiger partial charge < -0.3 is 4.74 Å². The van der Waals surface area contributed by atoms with Crippen molar-refractivity contribution in [2.45, 2.75) is 0 Å². The molecule has 0 aromatic heterocycles. The van der Waals surface area contributed by atoms with E-state index >= 15 is 0 Å². The van der Waals surface area contributed by atoms with E-state index < -0.39 is 65.1 Å². The first-order valence-corrected chi connectivity index (χ1v) is 13.0. The number of halogens is 4. The van der Waals surface area contributed by atoms with Gasteiger partial charge in [0.15, 0.2) is 0 Å². The molecule has 2 bridgehead atoms. The first kappa shape index (κ1) is 25.4. The fourth-order valence-electron chi connectivity index (χ4n) is 6.52. The van der Waals surface area contributed by atoms with E-state index in [4.69, 9.17) is 51.1 Å². The highest BCUT2D eigenvalue weighted by Gasteiger charge is 2.71. The van der Waals surface area contributed by atoms with Crippen molar-refractivity contribution >= 4 is 87.4 Å². The lowest BCUT2D eigenvalue weighted by Gasteiger charge is -2.46. The van der Waals surface area contributed by atoms with Crippen LogP contribution in [0, 0.1) is 35.5 Å². The van der Waals surface area contributed by atoms with Crippen LogP contribution in [-0.2, 0) is 28.7 Å². The molecular weight excluding hydrogens is 578 g/mol. The third kappa shape index (κ3) is 3.47. The number of carbonyl (C=O) groups excluding carboxylic acids is 5. The van der Waals surface area contributed by atoms with Crippen LogP contribution in [0.25, 0.3) is 0 Å². The lowest BCUT2D eigenvalue weighted by Crippen LogP contribution is -2.53. The molecule has 2 saturated heterocycles. The number of esters is 1. The maximum atomic E-state index is 13.8. The van der Waals surface area contributed by atoms with Crippen molar-refractivity contribution in [3.05, 3.63) is 68.1 Å². The molecule has 2 aliphatic heterocycles. The lowest BCUT2D eigenvalue weighted by molar-refractivity contribution is -0.145. The second-order valence-electron chi connectivity index (χ2n) is 9.60. The Labute approximate surface area is 236 Å². The van der Waals surface area contributed by atoms with Gasteiger partial charge in [0, 0.05) is 37.5 Å². The van der Waals surface area contributed by atoms with E-state index in [1.807, 2.05) is 0 Å². The van der Waals surface area contributed by atoms with Gasteiger partial charge in [0.1, 0.15) is 0 Å². The average Bonchev–Trinajstić information content (AvgIpc) is 3.28. The van der Waals surface area contributed by atoms with E-state index in [9.17, 15) is 24.0 Å². The summed E-state index contributed by atoms with van der Waals surface area (Å²) in [5, 5.41) is 0.879. The van der Waals surface area contributed by atoms with Crippen LogP contribution in [0.1, 0.15) is 0 Å². The summed E-state index contributed by atoms with van der Waals surface area (Å²) in [6.07, 6.45) is 1.51. The van der Waals surface area contributed by atoms with Crippen LogP contribution in [0.4, 0.5) is 11.4 Å². The Hall–Kier alpha value is -2.91. The molecule has 4 amide bonds. The minimum atomic E-state index is -1.06. The van der Waals surface area contributed by atoms with Crippen molar-refractivity contribution in [2.75, 3.05) is 16.9 Å². The molecule has 0 N–H and O–H groups in total. The number of ether oxygens (including phenoxy) is 1. The molecule has 5 aliphatic rings. The number of imide groups is 2. The zero-order valence-corrected chi connectivity index (χ0v) is 22.4. The number of amides is 4. The molecule has 12 heteroatoms. The number of carbonyl (C=O) groups is 5. The third-order valence-electron chi connectivity index (χ3n) is 7.76. The number of benzene rings is 2. The molecule has 2 heterocycles. The molecule has 0 radical (unpaired) electrons. The van der Waals surface area contributed by atoms with E-state index in [1.54, 1.807) is 0 Å². The van der Waals surface area contributed by atoms with Crippen molar-refractivity contribution in [3.63, 3.8) is 0 Å². The number of methoxy groups -OCH3 is 1. The van der Waals surface area contributed by atoms with Gasteiger partial charge in [-0.25, -0.2) is 14.6 Å². The molecule has 0 spiro atoms. The van der Waals surface area contributed by atoms with Crippen LogP contribution >= 0.6 is 46.4 Å². The normalized spacial score (nSPS) is 29.6. The van der Waals surface area contributed by atoms with Gasteiger partial charge in [-0.3, -0.25) is 19.2 Å². The smallest absolute Gasteiger partial charge is 0.333 e. The number of hydrogen-bond donors (Lipinski definition) is 0. The molecule has 3 aliphatic carbocycles. The fourth-order valence-corrected chi connectivity index (χ4v) is 7.55. The number of anilines is 2. The van der Waals surface area contributed by atoms with Crippen LogP contribution in [0.15, 0.2) is 48.0 Å². The maximum absolute atomic E-state index is 13.8. The minimum absolute atomic E-state index is 0.0965. The topological polar surface area (TPSA) is 101 Å². The monoisotopic (exact) mass is 592 g/mol. The van der Waals surface area contributed by atoms with Crippen molar-refractivity contribution in [3.8, 4) is 0 Å². The summed E-state index contributed by atoms with van der Waals surface area (Å²) < 4.78 is 4.95. The molecule has 2 aromatic rings. The van der Waals surface area contributed by atoms with Crippen LogP contribution < -0.4 is 9.80 Å². The van der Waals surface area contributed by atoms with Gasteiger partial charge in [0.2, 0.25) is 23.6 Å². The molecule has 1 saturated carbocycles. The Morgan fingerprint density at radius 3 is 1.37 bits per heavy atom. The van der Waals surface area contributed by atoms with Gasteiger partial charge in [-0.15, -0.1) is 0 Å². The highest BCUT2D eigenvalue weighted by Crippen LogP contribution is 2.61. The van der Waals surface area contributed by atoms with E-state index in [1.165, 1.54) is 49.6 Å². The summed E-state index contributed by atoms with van der Waals surface area (Å²) in [4.78, 5) is 69.9. The maximum Gasteiger partial charge on any atom is 0.333 e. The zero-order chi connectivity index (χ0) is 27.2. The molecule has 2 aromatic carbocycles. The van der Waals surface area contributed by atoms with E-state index in [0.29, 0.717) is 0 Å². The molecule has 7 rings (SSSR count). The number of hydrogen-bond acceptors (Lipinski definition) is 6. The molecular formula is C26H16Cl4N2O6. The standard InChI is InChI=1S/C26H16Cl4N2O6/c1-38-26(37)16-8-15-18-20(24(35)31(22(18)33)13-4-9(27)2-10(28)5-13)17(16)21-19(15)23(34)32(25(21)36)14-6-11(29)3-12(30)7-14/h2-8,15,17-21H,1H3/t15?,17?,18-,19+,20+,21-. The lowest BCUT2D eigenvalue weighted by atomic mass is 9.52. The summed E-state index contributed by atoms with van der Waals surface area (Å²) in [6, 6.07) is 8.64. The second kappa shape index (κ2) is 8.81. The van der Waals surface area contributed by atoms with Crippen LogP contribution in [0.3, 0.4) is 0 Å². The summed E-state index contributed by atoms with van der Waals surface area (Å²) in [6.45, 7) is 0. The van der Waals surface area contributed by atoms with Gasteiger partial charge in [-0.1, -0.05) is 52.5 Å². The first-order chi connectivity index (χ1) is 18.0.